The average molecular weight is 395 g/mol. The van der Waals surface area contributed by atoms with Gasteiger partial charge in [-0.1, -0.05) is 13.8 Å². The van der Waals surface area contributed by atoms with Crippen LogP contribution in [0, 0.1) is 0 Å². The van der Waals surface area contributed by atoms with Gasteiger partial charge in [-0.05, 0) is 41.8 Å². The summed E-state index contributed by atoms with van der Waals surface area (Å²) in [5.74, 6) is 0.228. The summed E-state index contributed by atoms with van der Waals surface area (Å²) in [4.78, 5) is 14.8. The molecule has 152 valence electrons. The van der Waals surface area contributed by atoms with Gasteiger partial charge in [0.25, 0.3) is 0 Å². The van der Waals surface area contributed by atoms with E-state index in [0.29, 0.717) is 22.6 Å². The average Bonchev–Trinajstić information content (AvgIpc) is 3.10. The third-order valence-electron chi connectivity index (χ3n) is 5.27. The van der Waals surface area contributed by atoms with Gasteiger partial charge in [0.05, 0.1) is 11.3 Å². The lowest BCUT2D eigenvalue weighted by Gasteiger charge is -2.29. The predicted octanol–water partition coefficient (Wildman–Crippen LogP) is 2.17. The van der Waals surface area contributed by atoms with Gasteiger partial charge in [-0.15, -0.1) is 0 Å². The Kier molecular flexibility index (Phi) is 5.02. The maximum Gasteiger partial charge on any atom is 0.348 e. The number of H-pyrrole nitrogens is 1. The van der Waals surface area contributed by atoms with E-state index in [1.54, 1.807) is 6.07 Å². The van der Waals surface area contributed by atoms with Gasteiger partial charge in [0, 0.05) is 37.9 Å². The fraction of sp³-hybridized carbons (Fsp3) is 0.333. The Balaban J connectivity index is 1.75. The molecule has 2 aromatic carbocycles. The second-order valence-electron chi connectivity index (χ2n) is 7.52. The number of nitrogens with one attached hydrogen (secondary N) is 2. The van der Waals surface area contributed by atoms with Crippen molar-refractivity contribution < 1.29 is 10.2 Å². The second kappa shape index (κ2) is 7.63. The Morgan fingerprint density at radius 3 is 2.31 bits per heavy atom. The van der Waals surface area contributed by atoms with E-state index in [0.717, 1.165) is 31.9 Å². The third-order valence-corrected chi connectivity index (χ3v) is 5.27. The van der Waals surface area contributed by atoms with Gasteiger partial charge < -0.3 is 20.4 Å². The van der Waals surface area contributed by atoms with E-state index in [1.807, 2.05) is 38.1 Å². The van der Waals surface area contributed by atoms with Crippen molar-refractivity contribution in [3.05, 3.63) is 52.4 Å². The molecule has 1 aliphatic heterocycles. The molecule has 0 aliphatic carbocycles. The summed E-state index contributed by atoms with van der Waals surface area (Å²) in [7, 11) is 0. The number of hydrogen-bond donors (Lipinski definition) is 4. The maximum atomic E-state index is 12.5. The lowest BCUT2D eigenvalue weighted by atomic mass is 9.98. The molecule has 0 saturated carbocycles. The molecule has 0 atom stereocenters. The van der Waals surface area contributed by atoms with Gasteiger partial charge in [0.15, 0.2) is 5.82 Å². The van der Waals surface area contributed by atoms with Crippen LogP contribution >= 0.6 is 0 Å². The molecular weight excluding hydrogens is 370 g/mol. The van der Waals surface area contributed by atoms with Gasteiger partial charge >= 0.3 is 5.69 Å². The molecule has 1 fully saturated rings. The Morgan fingerprint density at radius 1 is 1.00 bits per heavy atom. The zero-order chi connectivity index (χ0) is 20.5. The van der Waals surface area contributed by atoms with Crippen LogP contribution in [0.4, 0.5) is 5.69 Å². The molecule has 2 heterocycles. The molecule has 0 radical (unpaired) electrons. The highest BCUT2D eigenvalue weighted by Crippen LogP contribution is 2.37. The van der Waals surface area contributed by atoms with Crippen molar-refractivity contribution in [3.8, 4) is 28.6 Å². The number of phenolic OH excluding ortho intramolecular Hbond substituents is 2. The van der Waals surface area contributed by atoms with Crippen LogP contribution in [-0.2, 0) is 0 Å². The zero-order valence-electron chi connectivity index (χ0n) is 16.5. The lowest BCUT2D eigenvalue weighted by molar-refractivity contribution is 0.444. The van der Waals surface area contributed by atoms with Crippen LogP contribution in [0.3, 0.4) is 0 Å². The fourth-order valence-electron chi connectivity index (χ4n) is 3.69. The summed E-state index contributed by atoms with van der Waals surface area (Å²) >= 11 is 0. The largest absolute Gasteiger partial charge is 0.508 e. The standard InChI is InChI=1S/C21H25N5O3/c1-13(2)16-11-17(19(28)12-18(16)27)20-23-24-21(29)26(20)15-5-3-14(4-6-15)25-9-7-22-8-10-25/h3-6,11-13,22,27-28H,7-10H2,1-2H3,(H,24,29). The minimum atomic E-state index is -0.395. The molecule has 8 heteroatoms. The van der Waals surface area contributed by atoms with Gasteiger partial charge in [-0.25, -0.2) is 14.5 Å². The Hall–Kier alpha value is -3.26. The number of anilines is 1. The van der Waals surface area contributed by atoms with E-state index >= 15 is 0 Å². The summed E-state index contributed by atoms with van der Waals surface area (Å²) < 4.78 is 1.43. The van der Waals surface area contributed by atoms with Crippen LogP contribution < -0.4 is 15.9 Å². The highest BCUT2D eigenvalue weighted by atomic mass is 16.3. The van der Waals surface area contributed by atoms with Crippen molar-refractivity contribution in [3.63, 3.8) is 0 Å². The summed E-state index contributed by atoms with van der Waals surface area (Å²) in [6, 6.07) is 10.7. The summed E-state index contributed by atoms with van der Waals surface area (Å²) in [6.07, 6.45) is 0. The maximum absolute atomic E-state index is 12.5. The summed E-state index contributed by atoms with van der Waals surface area (Å²) in [5.41, 5.74) is 2.41. The fourth-order valence-corrected chi connectivity index (χ4v) is 3.69. The number of piperazine rings is 1. The number of rotatable bonds is 4. The van der Waals surface area contributed by atoms with Crippen molar-refractivity contribution >= 4 is 5.69 Å². The van der Waals surface area contributed by atoms with E-state index < -0.39 is 5.69 Å². The first kappa shape index (κ1) is 19.1. The number of aromatic hydroxyl groups is 2. The summed E-state index contributed by atoms with van der Waals surface area (Å²) in [6.45, 7) is 7.67. The molecule has 4 N–H and O–H groups in total. The predicted molar refractivity (Wildman–Crippen MR) is 112 cm³/mol. The minimum absolute atomic E-state index is 0.0195. The molecule has 8 nitrogen and oxygen atoms in total. The monoisotopic (exact) mass is 395 g/mol. The highest BCUT2D eigenvalue weighted by Gasteiger charge is 2.20. The molecule has 1 saturated heterocycles. The van der Waals surface area contributed by atoms with Gasteiger partial charge in [-0.3, -0.25) is 0 Å². The smallest absolute Gasteiger partial charge is 0.348 e. The van der Waals surface area contributed by atoms with E-state index in [-0.39, 0.29) is 17.4 Å². The first-order valence-corrected chi connectivity index (χ1v) is 9.75. The number of nitrogens with zero attached hydrogens (tertiary/aromatic N) is 3. The van der Waals surface area contributed by atoms with Gasteiger partial charge in [-0.2, -0.15) is 5.10 Å². The molecule has 1 aromatic heterocycles. The van der Waals surface area contributed by atoms with E-state index in [1.165, 1.54) is 10.6 Å². The third kappa shape index (κ3) is 3.58. The van der Waals surface area contributed by atoms with Crippen molar-refractivity contribution in [2.75, 3.05) is 31.1 Å². The Bertz CT molecular complexity index is 1060. The Labute approximate surface area is 168 Å². The Morgan fingerprint density at radius 2 is 1.66 bits per heavy atom. The van der Waals surface area contributed by atoms with E-state index in [2.05, 4.69) is 20.4 Å². The SMILES string of the molecule is CC(C)c1cc(-c2n[nH]c(=O)n2-c2ccc(N3CCNCC3)cc2)c(O)cc1O. The number of aromatic nitrogens is 3. The van der Waals surface area contributed by atoms with Crippen molar-refractivity contribution in [2.24, 2.45) is 0 Å². The highest BCUT2D eigenvalue weighted by molar-refractivity contribution is 5.69. The molecule has 0 amide bonds. The quantitative estimate of drug-likeness (QED) is 0.540. The molecule has 3 aromatic rings. The minimum Gasteiger partial charge on any atom is -0.508 e. The van der Waals surface area contributed by atoms with Crippen LogP contribution in [-0.4, -0.2) is 51.2 Å². The zero-order valence-corrected chi connectivity index (χ0v) is 16.5. The topological polar surface area (TPSA) is 106 Å². The summed E-state index contributed by atoms with van der Waals surface area (Å²) in [5, 5.41) is 30.4. The van der Waals surface area contributed by atoms with Crippen LogP contribution in [0.2, 0.25) is 0 Å². The van der Waals surface area contributed by atoms with Crippen molar-refractivity contribution in [2.45, 2.75) is 19.8 Å². The molecule has 0 spiro atoms. The second-order valence-corrected chi connectivity index (χ2v) is 7.52. The molecule has 1 aliphatic rings. The first-order chi connectivity index (χ1) is 14.0. The molecule has 0 unspecified atom stereocenters. The number of phenols is 2. The van der Waals surface area contributed by atoms with E-state index in [4.69, 9.17) is 0 Å². The van der Waals surface area contributed by atoms with Crippen molar-refractivity contribution in [1.29, 1.82) is 0 Å². The van der Waals surface area contributed by atoms with Crippen LogP contribution in [0.5, 0.6) is 11.5 Å². The van der Waals surface area contributed by atoms with Crippen LogP contribution in [0.1, 0.15) is 25.3 Å². The number of benzene rings is 2. The number of aromatic amines is 1. The van der Waals surface area contributed by atoms with Crippen LogP contribution in [0.25, 0.3) is 17.1 Å². The number of hydrogen-bond acceptors (Lipinski definition) is 6. The molecular formula is C21H25N5O3. The first-order valence-electron chi connectivity index (χ1n) is 9.75. The van der Waals surface area contributed by atoms with Crippen LogP contribution in [0.15, 0.2) is 41.2 Å². The molecule has 0 bridgehead atoms. The van der Waals surface area contributed by atoms with Gasteiger partial charge in [0.2, 0.25) is 0 Å². The normalized spacial score (nSPS) is 14.5. The lowest BCUT2D eigenvalue weighted by Crippen LogP contribution is -2.43. The van der Waals surface area contributed by atoms with Gasteiger partial charge in [0.1, 0.15) is 11.5 Å². The van der Waals surface area contributed by atoms with E-state index in [9.17, 15) is 15.0 Å². The van der Waals surface area contributed by atoms with Crippen molar-refractivity contribution in [1.82, 2.24) is 20.1 Å². The molecule has 29 heavy (non-hydrogen) atoms. The molecule has 4 rings (SSSR count).